The van der Waals surface area contributed by atoms with Gasteiger partial charge in [0.2, 0.25) is 0 Å². The summed E-state index contributed by atoms with van der Waals surface area (Å²) in [5.41, 5.74) is 2.27. The second kappa shape index (κ2) is 8.78. The molecule has 1 atom stereocenters. The SMILES string of the molecule is C=CC(CCC(C)C)N(S)C(=O)NCc1cccc(C)c1. The molecule has 0 aliphatic rings. The monoisotopic (exact) mass is 306 g/mol. The Morgan fingerprint density at radius 1 is 1.43 bits per heavy atom. The van der Waals surface area contributed by atoms with Crippen LogP contribution in [0.25, 0.3) is 0 Å². The van der Waals surface area contributed by atoms with E-state index in [2.05, 4.69) is 44.6 Å². The van der Waals surface area contributed by atoms with E-state index in [4.69, 9.17) is 0 Å². The maximum Gasteiger partial charge on any atom is 0.328 e. The molecule has 0 saturated carbocycles. The maximum absolute atomic E-state index is 12.1. The van der Waals surface area contributed by atoms with Crippen molar-refractivity contribution in [3.05, 3.63) is 48.0 Å². The standard InChI is InChI=1S/C17H26N2OS/c1-5-16(10-9-13(2)3)19(21)17(20)18-12-15-8-6-7-14(4)11-15/h5-8,11,13,16,21H,1,9-10,12H2,2-4H3,(H,18,20). The fourth-order valence-electron chi connectivity index (χ4n) is 2.08. The molecule has 0 radical (unpaired) electrons. The topological polar surface area (TPSA) is 32.3 Å². The molecule has 0 aliphatic heterocycles. The second-order valence-electron chi connectivity index (χ2n) is 5.77. The minimum atomic E-state index is -0.187. The molecule has 1 unspecified atom stereocenters. The predicted octanol–water partition coefficient (Wildman–Crippen LogP) is 4.34. The van der Waals surface area contributed by atoms with Crippen molar-refractivity contribution in [3.63, 3.8) is 0 Å². The Labute approximate surface area is 134 Å². The van der Waals surface area contributed by atoms with Gasteiger partial charge in [-0.05, 0) is 31.2 Å². The van der Waals surface area contributed by atoms with Gasteiger partial charge in [0.1, 0.15) is 0 Å². The third-order valence-electron chi connectivity index (χ3n) is 3.36. The summed E-state index contributed by atoms with van der Waals surface area (Å²) in [5.74, 6) is 0.601. The summed E-state index contributed by atoms with van der Waals surface area (Å²) in [7, 11) is 0. The number of amides is 2. The highest BCUT2D eigenvalue weighted by Gasteiger charge is 2.18. The number of nitrogens with zero attached hydrogens (tertiary/aromatic N) is 1. The summed E-state index contributed by atoms with van der Waals surface area (Å²) in [4.78, 5) is 12.1. The Hall–Kier alpha value is -1.42. The van der Waals surface area contributed by atoms with Gasteiger partial charge >= 0.3 is 6.03 Å². The normalized spacial score (nSPS) is 12.0. The number of hydrogen-bond donors (Lipinski definition) is 2. The summed E-state index contributed by atoms with van der Waals surface area (Å²) >= 11 is 4.32. The third kappa shape index (κ3) is 6.25. The van der Waals surface area contributed by atoms with E-state index in [1.807, 2.05) is 25.1 Å². The smallest absolute Gasteiger partial charge is 0.328 e. The number of hydrogen-bond acceptors (Lipinski definition) is 2. The van der Waals surface area contributed by atoms with E-state index in [9.17, 15) is 4.79 Å². The molecule has 0 aromatic heterocycles. The van der Waals surface area contributed by atoms with Crippen LogP contribution in [-0.4, -0.2) is 16.4 Å². The molecule has 1 aromatic carbocycles. The van der Waals surface area contributed by atoms with Crippen LogP contribution >= 0.6 is 12.8 Å². The van der Waals surface area contributed by atoms with E-state index in [-0.39, 0.29) is 12.1 Å². The summed E-state index contributed by atoms with van der Waals surface area (Å²) in [5, 5.41) is 2.89. The van der Waals surface area contributed by atoms with Gasteiger partial charge in [-0.15, -0.1) is 6.58 Å². The average Bonchev–Trinajstić information content (AvgIpc) is 2.45. The van der Waals surface area contributed by atoms with Crippen LogP contribution in [0.5, 0.6) is 0 Å². The van der Waals surface area contributed by atoms with Crippen molar-refractivity contribution in [2.45, 2.75) is 46.2 Å². The number of nitrogens with one attached hydrogen (secondary N) is 1. The summed E-state index contributed by atoms with van der Waals surface area (Å²) in [6, 6.07) is 7.86. The average molecular weight is 306 g/mol. The van der Waals surface area contributed by atoms with Crippen LogP contribution in [0, 0.1) is 12.8 Å². The summed E-state index contributed by atoms with van der Waals surface area (Å²) in [6.45, 7) is 10.7. The Bertz CT molecular complexity index is 474. The maximum atomic E-state index is 12.1. The number of benzene rings is 1. The Balaban J connectivity index is 2.51. The van der Waals surface area contributed by atoms with Crippen LogP contribution in [0.1, 0.15) is 37.8 Å². The molecule has 1 N–H and O–H groups in total. The Morgan fingerprint density at radius 2 is 2.14 bits per heavy atom. The van der Waals surface area contributed by atoms with E-state index < -0.39 is 0 Å². The Kier molecular flexibility index (Phi) is 7.37. The fraction of sp³-hybridized carbons (Fsp3) is 0.471. The van der Waals surface area contributed by atoms with Crippen molar-refractivity contribution in [1.29, 1.82) is 0 Å². The molecule has 116 valence electrons. The van der Waals surface area contributed by atoms with Gasteiger partial charge in [-0.25, -0.2) is 4.79 Å². The molecule has 21 heavy (non-hydrogen) atoms. The number of urea groups is 1. The van der Waals surface area contributed by atoms with E-state index in [0.29, 0.717) is 12.5 Å². The van der Waals surface area contributed by atoms with Gasteiger partial charge in [-0.3, -0.25) is 4.31 Å². The zero-order valence-electron chi connectivity index (χ0n) is 13.2. The van der Waals surface area contributed by atoms with Crippen LogP contribution in [0.3, 0.4) is 0 Å². The molecular weight excluding hydrogens is 280 g/mol. The quantitative estimate of drug-likeness (QED) is 0.570. The van der Waals surface area contributed by atoms with Gasteiger partial charge in [-0.1, -0.05) is 62.6 Å². The summed E-state index contributed by atoms with van der Waals surface area (Å²) in [6.07, 6.45) is 3.70. The van der Waals surface area contributed by atoms with Gasteiger partial charge in [0.25, 0.3) is 0 Å². The van der Waals surface area contributed by atoms with E-state index in [1.165, 1.54) is 9.87 Å². The molecular formula is C17H26N2OS. The first-order valence-electron chi connectivity index (χ1n) is 7.38. The molecule has 0 aliphatic carbocycles. The lowest BCUT2D eigenvalue weighted by Crippen LogP contribution is -2.39. The minimum absolute atomic E-state index is 0.0479. The number of rotatable bonds is 7. The lowest BCUT2D eigenvalue weighted by Gasteiger charge is -2.25. The molecule has 0 bridgehead atoms. The van der Waals surface area contributed by atoms with Crippen molar-refractivity contribution in [3.8, 4) is 0 Å². The van der Waals surface area contributed by atoms with Crippen LogP contribution < -0.4 is 5.32 Å². The molecule has 2 amide bonds. The van der Waals surface area contributed by atoms with Crippen LogP contribution in [0.15, 0.2) is 36.9 Å². The highest BCUT2D eigenvalue weighted by molar-refractivity contribution is 7.78. The van der Waals surface area contributed by atoms with Crippen molar-refractivity contribution in [1.82, 2.24) is 9.62 Å². The zero-order valence-corrected chi connectivity index (χ0v) is 14.1. The van der Waals surface area contributed by atoms with Gasteiger partial charge in [0, 0.05) is 6.54 Å². The van der Waals surface area contributed by atoms with E-state index in [0.717, 1.165) is 18.4 Å². The first-order valence-corrected chi connectivity index (χ1v) is 7.78. The largest absolute Gasteiger partial charge is 0.333 e. The van der Waals surface area contributed by atoms with Crippen molar-refractivity contribution in [2.75, 3.05) is 0 Å². The number of carbonyl (C=O) groups excluding carboxylic acids is 1. The van der Waals surface area contributed by atoms with Crippen molar-refractivity contribution in [2.24, 2.45) is 5.92 Å². The lowest BCUT2D eigenvalue weighted by molar-refractivity contribution is 0.218. The molecule has 0 fully saturated rings. The van der Waals surface area contributed by atoms with E-state index >= 15 is 0 Å². The molecule has 0 heterocycles. The second-order valence-corrected chi connectivity index (χ2v) is 6.20. The minimum Gasteiger partial charge on any atom is -0.333 e. The van der Waals surface area contributed by atoms with Crippen molar-refractivity contribution >= 4 is 18.8 Å². The molecule has 1 aromatic rings. The third-order valence-corrected chi connectivity index (χ3v) is 3.84. The van der Waals surface area contributed by atoms with Gasteiger partial charge in [-0.2, -0.15) is 0 Å². The van der Waals surface area contributed by atoms with Crippen molar-refractivity contribution < 1.29 is 4.79 Å². The summed E-state index contributed by atoms with van der Waals surface area (Å²) < 4.78 is 1.44. The van der Waals surface area contributed by atoms with E-state index in [1.54, 1.807) is 6.08 Å². The van der Waals surface area contributed by atoms with Crippen LogP contribution in [0.2, 0.25) is 0 Å². The van der Waals surface area contributed by atoms with Crippen LogP contribution in [-0.2, 0) is 6.54 Å². The first-order chi connectivity index (χ1) is 9.93. The van der Waals surface area contributed by atoms with Gasteiger partial charge < -0.3 is 5.32 Å². The molecule has 0 spiro atoms. The Morgan fingerprint density at radius 3 is 2.71 bits per heavy atom. The van der Waals surface area contributed by atoms with Crippen LogP contribution in [0.4, 0.5) is 4.79 Å². The lowest BCUT2D eigenvalue weighted by atomic mass is 10.0. The first kappa shape index (κ1) is 17.6. The molecule has 0 saturated heterocycles. The highest BCUT2D eigenvalue weighted by Crippen LogP contribution is 2.15. The number of carbonyl (C=O) groups is 1. The molecule has 3 nitrogen and oxygen atoms in total. The fourth-order valence-corrected chi connectivity index (χ4v) is 2.36. The highest BCUT2D eigenvalue weighted by atomic mass is 32.1. The number of aryl methyl sites for hydroxylation is 1. The molecule has 1 rings (SSSR count). The molecule has 4 heteroatoms. The van der Waals surface area contributed by atoms with Gasteiger partial charge in [0.05, 0.1) is 6.04 Å². The predicted molar refractivity (Wildman–Crippen MR) is 92.3 cm³/mol. The number of thiol groups is 1. The van der Waals surface area contributed by atoms with Gasteiger partial charge in [0.15, 0.2) is 0 Å². The zero-order chi connectivity index (χ0) is 15.8.